The zero-order valence-electron chi connectivity index (χ0n) is 19.1. The van der Waals surface area contributed by atoms with Crippen LogP contribution >= 0.6 is 0 Å². The van der Waals surface area contributed by atoms with E-state index < -0.39 is 0 Å². The maximum absolute atomic E-state index is 11.1. The molecule has 0 fully saturated rings. The number of ketones is 4. The molecular weight excluding hydrogens is 352 g/mol. The summed E-state index contributed by atoms with van der Waals surface area (Å²) in [4.78, 5) is 44.5. The third kappa shape index (κ3) is 9.91. The van der Waals surface area contributed by atoms with Gasteiger partial charge in [-0.3, -0.25) is 19.2 Å². The number of Topliss-reactive ketones (excluding diaryl/α,β-unsaturated/α-hetero) is 4. The lowest BCUT2D eigenvalue weighted by atomic mass is 9.79. The van der Waals surface area contributed by atoms with Gasteiger partial charge in [-0.2, -0.15) is 0 Å². The Morgan fingerprint density at radius 1 is 0.607 bits per heavy atom. The van der Waals surface area contributed by atoms with E-state index in [1.165, 1.54) is 0 Å². The van der Waals surface area contributed by atoms with E-state index in [4.69, 9.17) is 0 Å². The fourth-order valence-corrected chi connectivity index (χ4v) is 3.42. The van der Waals surface area contributed by atoms with Crippen LogP contribution in [0.2, 0.25) is 0 Å². The number of carbonyl (C=O) groups is 4. The van der Waals surface area contributed by atoms with Gasteiger partial charge in [0.15, 0.2) is 0 Å². The molecule has 0 aromatic heterocycles. The average Bonchev–Trinajstić information content (AvgIpc) is 2.71. The van der Waals surface area contributed by atoms with Crippen molar-refractivity contribution in [1.29, 1.82) is 0 Å². The van der Waals surface area contributed by atoms with E-state index >= 15 is 0 Å². The molecule has 0 saturated carbocycles. The van der Waals surface area contributed by atoms with E-state index in [1.807, 2.05) is 52.0 Å². The lowest BCUT2D eigenvalue weighted by Gasteiger charge is -2.23. The molecule has 2 aliphatic carbocycles. The normalized spacial score (nSPS) is 24.9. The Hall–Kier alpha value is -1.84. The predicted molar refractivity (Wildman–Crippen MR) is 116 cm³/mol. The van der Waals surface area contributed by atoms with E-state index in [2.05, 4.69) is 0 Å². The molecular formula is C24H40O4. The van der Waals surface area contributed by atoms with Crippen molar-refractivity contribution in [1.82, 2.24) is 0 Å². The van der Waals surface area contributed by atoms with Crippen LogP contribution in [-0.4, -0.2) is 23.1 Å². The monoisotopic (exact) mass is 392 g/mol. The van der Waals surface area contributed by atoms with Gasteiger partial charge in [0.1, 0.15) is 23.1 Å². The maximum Gasteiger partial charge on any atom is 0.137 e. The largest absolute Gasteiger partial charge is 0.300 e. The first kappa shape index (κ1) is 28.4. The predicted octanol–water partition coefficient (Wildman–Crippen LogP) is 5.55. The summed E-state index contributed by atoms with van der Waals surface area (Å²) in [5.41, 5.74) is 0. The zero-order valence-corrected chi connectivity index (χ0v) is 19.1. The van der Waals surface area contributed by atoms with Crippen molar-refractivity contribution >= 4 is 23.1 Å². The molecule has 2 aliphatic rings. The van der Waals surface area contributed by atoms with Crippen molar-refractivity contribution < 1.29 is 19.2 Å². The molecule has 160 valence electrons. The Morgan fingerprint density at radius 2 is 1.00 bits per heavy atom. The van der Waals surface area contributed by atoms with Gasteiger partial charge in [-0.15, -0.1) is 0 Å². The van der Waals surface area contributed by atoms with Gasteiger partial charge >= 0.3 is 0 Å². The highest BCUT2D eigenvalue weighted by Gasteiger charge is 2.29. The van der Waals surface area contributed by atoms with Crippen molar-refractivity contribution in [3.63, 3.8) is 0 Å². The van der Waals surface area contributed by atoms with E-state index in [0.29, 0.717) is 0 Å². The van der Waals surface area contributed by atoms with E-state index in [9.17, 15) is 19.2 Å². The van der Waals surface area contributed by atoms with Crippen LogP contribution in [0.1, 0.15) is 81.1 Å². The SMILES string of the molecule is CC.CC.CC(=O)C1C=CCCC1C(C)=O.CC(=O)C1CC=CCC1C(C)=O. The van der Waals surface area contributed by atoms with Crippen LogP contribution in [0.25, 0.3) is 0 Å². The van der Waals surface area contributed by atoms with Gasteiger partial charge in [-0.1, -0.05) is 52.0 Å². The topological polar surface area (TPSA) is 68.3 Å². The summed E-state index contributed by atoms with van der Waals surface area (Å²) in [5, 5.41) is 0. The molecule has 4 unspecified atom stereocenters. The minimum atomic E-state index is -0.156. The highest BCUT2D eigenvalue weighted by Crippen LogP contribution is 2.27. The van der Waals surface area contributed by atoms with Crippen molar-refractivity contribution in [3.05, 3.63) is 24.3 Å². The molecule has 4 heteroatoms. The summed E-state index contributed by atoms with van der Waals surface area (Å²) in [6.45, 7) is 14.3. The smallest absolute Gasteiger partial charge is 0.137 e. The molecule has 28 heavy (non-hydrogen) atoms. The molecule has 0 radical (unpaired) electrons. The first-order valence-electron chi connectivity index (χ1n) is 10.6. The first-order valence-corrected chi connectivity index (χ1v) is 10.6. The minimum absolute atomic E-state index is 0.0625. The first-order chi connectivity index (χ1) is 13.3. The molecule has 0 aromatic carbocycles. The average molecular weight is 393 g/mol. The number of allylic oxidation sites excluding steroid dienone is 4. The van der Waals surface area contributed by atoms with Crippen LogP contribution in [0.4, 0.5) is 0 Å². The molecule has 0 aromatic rings. The van der Waals surface area contributed by atoms with Crippen LogP contribution in [0.5, 0.6) is 0 Å². The molecule has 2 rings (SSSR count). The number of hydrogen-bond acceptors (Lipinski definition) is 4. The third-order valence-electron chi connectivity index (χ3n) is 4.89. The summed E-state index contributed by atoms with van der Waals surface area (Å²) >= 11 is 0. The highest BCUT2D eigenvalue weighted by molar-refractivity contribution is 5.89. The molecule has 0 aliphatic heterocycles. The van der Waals surface area contributed by atoms with Crippen LogP contribution in [0, 0.1) is 23.7 Å². The standard InChI is InChI=1S/2C10H14O2.2C2H6/c2*1-7(11)9-5-3-4-6-10(9)8(2)12;2*1-2/h3,5,9-10H,4,6H2,1-2H3;3-4,9-10H,5-6H2,1-2H3;2*1-2H3. The van der Waals surface area contributed by atoms with Gasteiger partial charge in [0.05, 0.1) is 0 Å². The summed E-state index contributed by atoms with van der Waals surface area (Å²) in [5.74, 6) is 0.175. The van der Waals surface area contributed by atoms with E-state index in [-0.39, 0.29) is 46.8 Å². The lowest BCUT2D eigenvalue weighted by molar-refractivity contribution is -0.130. The molecule has 0 spiro atoms. The lowest BCUT2D eigenvalue weighted by Crippen LogP contribution is -2.28. The van der Waals surface area contributed by atoms with Crippen molar-refractivity contribution in [2.45, 2.75) is 81.1 Å². The van der Waals surface area contributed by atoms with E-state index in [0.717, 1.165) is 25.7 Å². The second kappa shape index (κ2) is 16.1. The van der Waals surface area contributed by atoms with Crippen LogP contribution in [-0.2, 0) is 19.2 Å². The summed E-state index contributed by atoms with van der Waals surface area (Å²) in [7, 11) is 0. The van der Waals surface area contributed by atoms with Crippen molar-refractivity contribution in [2.24, 2.45) is 23.7 Å². The van der Waals surface area contributed by atoms with Crippen LogP contribution in [0.3, 0.4) is 0 Å². The maximum atomic E-state index is 11.1. The van der Waals surface area contributed by atoms with Gasteiger partial charge in [-0.05, 0) is 53.4 Å². The molecule has 0 heterocycles. The number of hydrogen-bond donors (Lipinski definition) is 0. The van der Waals surface area contributed by atoms with Crippen molar-refractivity contribution in [3.8, 4) is 0 Å². The van der Waals surface area contributed by atoms with Crippen molar-refractivity contribution in [2.75, 3.05) is 0 Å². The van der Waals surface area contributed by atoms with E-state index in [1.54, 1.807) is 27.7 Å². The van der Waals surface area contributed by atoms with Gasteiger partial charge in [-0.25, -0.2) is 0 Å². The Labute approximate surface area is 171 Å². The Morgan fingerprint density at radius 3 is 1.29 bits per heavy atom. The Bertz CT molecular complexity index is 516. The van der Waals surface area contributed by atoms with Crippen LogP contribution < -0.4 is 0 Å². The molecule has 0 N–H and O–H groups in total. The molecule has 4 atom stereocenters. The summed E-state index contributed by atoms with van der Waals surface area (Å²) < 4.78 is 0. The fraction of sp³-hybridized carbons (Fsp3) is 0.667. The second-order valence-corrected chi connectivity index (χ2v) is 6.74. The summed E-state index contributed by atoms with van der Waals surface area (Å²) in [6.07, 6.45) is 11.1. The molecule has 0 bridgehead atoms. The molecule has 4 nitrogen and oxygen atoms in total. The second-order valence-electron chi connectivity index (χ2n) is 6.74. The third-order valence-corrected chi connectivity index (χ3v) is 4.89. The number of rotatable bonds is 4. The van der Waals surface area contributed by atoms with Gasteiger partial charge in [0.25, 0.3) is 0 Å². The van der Waals surface area contributed by atoms with Gasteiger partial charge < -0.3 is 0 Å². The summed E-state index contributed by atoms with van der Waals surface area (Å²) in [6, 6.07) is 0. The fourth-order valence-electron chi connectivity index (χ4n) is 3.42. The van der Waals surface area contributed by atoms with Gasteiger partial charge in [0.2, 0.25) is 0 Å². The Balaban J connectivity index is 0. The Kier molecular flexibility index (Phi) is 16.4. The van der Waals surface area contributed by atoms with Gasteiger partial charge in [0, 0.05) is 23.7 Å². The van der Waals surface area contributed by atoms with Crippen LogP contribution in [0.15, 0.2) is 24.3 Å². The molecule has 0 amide bonds. The number of carbonyl (C=O) groups excluding carboxylic acids is 4. The molecule has 0 saturated heterocycles. The highest BCUT2D eigenvalue weighted by atomic mass is 16.1. The quantitative estimate of drug-likeness (QED) is 0.589. The zero-order chi connectivity index (χ0) is 22.3. The minimum Gasteiger partial charge on any atom is -0.300 e.